The molecule has 2 aromatic rings. The van der Waals surface area contributed by atoms with Crippen LogP contribution in [0, 0.1) is 0 Å². The van der Waals surface area contributed by atoms with E-state index in [1.807, 2.05) is 6.20 Å². The Kier molecular flexibility index (Phi) is 5.33. The molecule has 0 bridgehead atoms. The average molecular weight is 325 g/mol. The minimum atomic E-state index is -3.38. The van der Waals surface area contributed by atoms with Gasteiger partial charge in [0.2, 0.25) is 10.0 Å². The predicted octanol–water partition coefficient (Wildman–Crippen LogP) is 2.62. The topological polar surface area (TPSA) is 71.1 Å². The highest BCUT2D eigenvalue weighted by atomic mass is 32.2. The third-order valence-corrected chi connectivity index (χ3v) is 5.60. The minimum Gasteiger partial charge on any atom is -0.379 e. The van der Waals surface area contributed by atoms with E-state index in [-0.39, 0.29) is 4.90 Å². The highest BCUT2D eigenvalue weighted by Crippen LogP contribution is 2.17. The first-order valence-corrected chi connectivity index (χ1v) is 9.12. The summed E-state index contributed by atoms with van der Waals surface area (Å²) in [5.74, 6) is 0. The maximum absolute atomic E-state index is 11.8. The van der Waals surface area contributed by atoms with Crippen LogP contribution < -0.4 is 10.0 Å². The van der Waals surface area contributed by atoms with Crippen molar-refractivity contribution in [2.45, 2.75) is 31.7 Å². The fourth-order valence-corrected chi connectivity index (χ4v) is 3.64. The molecule has 114 valence electrons. The number of rotatable bonds is 7. The summed E-state index contributed by atoms with van der Waals surface area (Å²) in [5, 5.41) is 4.27. The second-order valence-electron chi connectivity index (χ2n) is 4.45. The zero-order chi connectivity index (χ0) is 15.3. The zero-order valence-electron chi connectivity index (χ0n) is 12.1. The lowest BCUT2D eigenvalue weighted by Gasteiger charge is -2.07. The van der Waals surface area contributed by atoms with Crippen LogP contribution in [0.5, 0.6) is 0 Å². The molecular formula is C14H19N3O2S2. The van der Waals surface area contributed by atoms with Crippen molar-refractivity contribution in [2.24, 2.45) is 0 Å². The number of hydrogen-bond acceptors (Lipinski definition) is 5. The molecule has 7 heteroatoms. The van der Waals surface area contributed by atoms with Gasteiger partial charge in [0, 0.05) is 23.3 Å². The second kappa shape index (κ2) is 7.02. The number of nitrogens with zero attached hydrogens (tertiary/aromatic N) is 1. The molecule has 21 heavy (non-hydrogen) atoms. The number of anilines is 1. The molecule has 0 aliphatic heterocycles. The number of sulfonamides is 1. The molecule has 0 unspecified atom stereocenters. The van der Waals surface area contributed by atoms with E-state index in [2.05, 4.69) is 21.9 Å². The van der Waals surface area contributed by atoms with Crippen LogP contribution in [-0.4, -0.2) is 19.9 Å². The van der Waals surface area contributed by atoms with E-state index in [9.17, 15) is 8.42 Å². The minimum absolute atomic E-state index is 0.275. The third kappa shape index (κ3) is 4.26. The Morgan fingerprint density at radius 2 is 1.90 bits per heavy atom. The summed E-state index contributed by atoms with van der Waals surface area (Å²) in [6.45, 7) is 4.89. The number of hydrogen-bond donors (Lipinski definition) is 2. The molecule has 1 aromatic heterocycles. The molecule has 0 radical (unpaired) electrons. The standard InChI is InChI=1S/C14H19N3O2S2/c1-3-12-9-16-14(20-12)10-15-11-5-7-13(8-6-11)21(18,19)17-4-2/h5-9,15,17H,3-4,10H2,1-2H3. The molecule has 0 amide bonds. The van der Waals surface area contributed by atoms with Gasteiger partial charge in [0.25, 0.3) is 0 Å². The second-order valence-corrected chi connectivity index (χ2v) is 7.42. The largest absolute Gasteiger partial charge is 0.379 e. The van der Waals surface area contributed by atoms with Crippen molar-refractivity contribution in [3.05, 3.63) is 40.3 Å². The maximum atomic E-state index is 11.8. The van der Waals surface area contributed by atoms with E-state index in [0.717, 1.165) is 17.1 Å². The van der Waals surface area contributed by atoms with Crippen LogP contribution in [0.4, 0.5) is 5.69 Å². The van der Waals surface area contributed by atoms with E-state index in [1.165, 1.54) is 4.88 Å². The van der Waals surface area contributed by atoms with Gasteiger partial charge in [0.1, 0.15) is 5.01 Å². The van der Waals surface area contributed by atoms with E-state index in [0.29, 0.717) is 13.1 Å². The monoisotopic (exact) mass is 325 g/mol. The van der Waals surface area contributed by atoms with Gasteiger partial charge in [-0.15, -0.1) is 11.3 Å². The van der Waals surface area contributed by atoms with Crippen molar-refractivity contribution in [3.63, 3.8) is 0 Å². The summed E-state index contributed by atoms with van der Waals surface area (Å²) in [5.41, 5.74) is 0.874. The molecule has 0 spiro atoms. The zero-order valence-corrected chi connectivity index (χ0v) is 13.7. The number of nitrogens with one attached hydrogen (secondary N) is 2. The van der Waals surface area contributed by atoms with Gasteiger partial charge in [-0.05, 0) is 30.7 Å². The molecule has 1 aromatic carbocycles. The average Bonchev–Trinajstić information content (AvgIpc) is 2.93. The van der Waals surface area contributed by atoms with E-state index < -0.39 is 10.0 Å². The normalized spacial score (nSPS) is 11.5. The Labute approximate surface area is 129 Å². The summed E-state index contributed by atoms with van der Waals surface area (Å²) in [7, 11) is -3.38. The SMILES string of the molecule is CCNS(=O)(=O)c1ccc(NCc2ncc(CC)s2)cc1. The first kappa shape index (κ1) is 15.9. The van der Waals surface area contributed by atoms with Crippen LogP contribution in [0.2, 0.25) is 0 Å². The van der Waals surface area contributed by atoms with Crippen LogP contribution >= 0.6 is 11.3 Å². The Hall–Kier alpha value is -1.44. The molecule has 0 fully saturated rings. The highest BCUT2D eigenvalue weighted by molar-refractivity contribution is 7.89. The van der Waals surface area contributed by atoms with Crippen LogP contribution in [0.3, 0.4) is 0 Å². The third-order valence-electron chi connectivity index (χ3n) is 2.89. The molecule has 5 nitrogen and oxygen atoms in total. The van der Waals surface area contributed by atoms with Crippen molar-refractivity contribution in [1.82, 2.24) is 9.71 Å². The van der Waals surface area contributed by atoms with Gasteiger partial charge in [-0.3, -0.25) is 0 Å². The van der Waals surface area contributed by atoms with E-state index >= 15 is 0 Å². The van der Waals surface area contributed by atoms with Gasteiger partial charge in [-0.1, -0.05) is 13.8 Å². The Bertz CT molecular complexity index is 678. The van der Waals surface area contributed by atoms with E-state index in [1.54, 1.807) is 42.5 Å². The quantitative estimate of drug-likeness (QED) is 0.821. The Balaban J connectivity index is 1.99. The van der Waals surface area contributed by atoms with Gasteiger partial charge < -0.3 is 5.32 Å². The van der Waals surface area contributed by atoms with Crippen molar-refractivity contribution < 1.29 is 8.42 Å². The Morgan fingerprint density at radius 3 is 2.48 bits per heavy atom. The molecule has 0 saturated carbocycles. The molecule has 2 rings (SSSR count). The molecule has 0 aliphatic carbocycles. The van der Waals surface area contributed by atoms with Crippen LogP contribution in [0.15, 0.2) is 35.4 Å². The fourth-order valence-electron chi connectivity index (χ4n) is 1.80. The number of aromatic nitrogens is 1. The van der Waals surface area contributed by atoms with Crippen molar-refractivity contribution >= 4 is 27.0 Å². The summed E-state index contributed by atoms with van der Waals surface area (Å²) in [4.78, 5) is 5.87. The van der Waals surface area contributed by atoms with Crippen molar-refractivity contribution in [3.8, 4) is 0 Å². The summed E-state index contributed by atoms with van der Waals surface area (Å²) in [6, 6.07) is 6.72. The van der Waals surface area contributed by atoms with Gasteiger partial charge in [-0.25, -0.2) is 18.1 Å². The smallest absolute Gasteiger partial charge is 0.240 e. The molecule has 2 N–H and O–H groups in total. The predicted molar refractivity (Wildman–Crippen MR) is 86.1 cm³/mol. The van der Waals surface area contributed by atoms with Crippen molar-refractivity contribution in [2.75, 3.05) is 11.9 Å². The molecule has 0 aliphatic rings. The molecular weight excluding hydrogens is 306 g/mol. The highest BCUT2D eigenvalue weighted by Gasteiger charge is 2.11. The fraction of sp³-hybridized carbons (Fsp3) is 0.357. The first-order chi connectivity index (χ1) is 10.0. The van der Waals surface area contributed by atoms with Gasteiger partial charge in [-0.2, -0.15) is 0 Å². The molecule has 0 saturated heterocycles. The maximum Gasteiger partial charge on any atom is 0.240 e. The summed E-state index contributed by atoms with van der Waals surface area (Å²) < 4.78 is 26.1. The van der Waals surface area contributed by atoms with Crippen LogP contribution in [0.1, 0.15) is 23.7 Å². The lowest BCUT2D eigenvalue weighted by molar-refractivity contribution is 0.584. The van der Waals surface area contributed by atoms with Gasteiger partial charge in [0.05, 0.1) is 11.4 Å². The van der Waals surface area contributed by atoms with Crippen molar-refractivity contribution in [1.29, 1.82) is 0 Å². The lowest BCUT2D eigenvalue weighted by Crippen LogP contribution is -2.23. The number of aryl methyl sites for hydroxylation is 1. The Morgan fingerprint density at radius 1 is 1.19 bits per heavy atom. The molecule has 0 atom stereocenters. The number of benzene rings is 1. The van der Waals surface area contributed by atoms with Crippen LogP contribution in [-0.2, 0) is 23.0 Å². The van der Waals surface area contributed by atoms with Crippen LogP contribution in [0.25, 0.3) is 0 Å². The summed E-state index contributed by atoms with van der Waals surface area (Å²) in [6.07, 6.45) is 2.89. The van der Waals surface area contributed by atoms with E-state index in [4.69, 9.17) is 0 Å². The summed E-state index contributed by atoms with van der Waals surface area (Å²) >= 11 is 1.69. The lowest BCUT2D eigenvalue weighted by atomic mass is 10.3. The van der Waals surface area contributed by atoms with Gasteiger partial charge in [0.15, 0.2) is 0 Å². The number of thiazole rings is 1. The first-order valence-electron chi connectivity index (χ1n) is 6.82. The molecule has 1 heterocycles. The van der Waals surface area contributed by atoms with Gasteiger partial charge >= 0.3 is 0 Å².